The summed E-state index contributed by atoms with van der Waals surface area (Å²) in [5, 5.41) is 7.96. The van der Waals surface area contributed by atoms with Crippen molar-refractivity contribution in [2.24, 2.45) is 7.05 Å². The van der Waals surface area contributed by atoms with Crippen LogP contribution in [0.1, 0.15) is 32.4 Å². The Morgan fingerprint density at radius 1 is 1.50 bits per heavy atom. The first-order valence-corrected chi connectivity index (χ1v) is 6.13. The molecule has 1 aliphatic rings. The Morgan fingerprint density at radius 3 is 2.88 bits per heavy atom. The van der Waals surface area contributed by atoms with Crippen molar-refractivity contribution < 1.29 is 4.74 Å². The summed E-state index contributed by atoms with van der Waals surface area (Å²) >= 11 is 0. The number of aromatic nitrogens is 2. The van der Waals surface area contributed by atoms with Crippen molar-refractivity contribution in [2.75, 3.05) is 11.9 Å². The minimum atomic E-state index is 0.462. The van der Waals surface area contributed by atoms with Crippen LogP contribution in [-0.4, -0.2) is 28.5 Å². The average molecular weight is 223 g/mol. The zero-order valence-electron chi connectivity index (χ0n) is 10.4. The van der Waals surface area contributed by atoms with E-state index >= 15 is 0 Å². The first-order valence-electron chi connectivity index (χ1n) is 6.13. The van der Waals surface area contributed by atoms with Crippen LogP contribution >= 0.6 is 0 Å². The molecule has 4 heteroatoms. The maximum absolute atomic E-state index is 5.55. The summed E-state index contributed by atoms with van der Waals surface area (Å²) in [4.78, 5) is 0. The van der Waals surface area contributed by atoms with Gasteiger partial charge in [-0.05, 0) is 26.2 Å². The monoisotopic (exact) mass is 223 g/mol. The molecule has 16 heavy (non-hydrogen) atoms. The quantitative estimate of drug-likeness (QED) is 0.829. The Balaban J connectivity index is 1.86. The van der Waals surface area contributed by atoms with Gasteiger partial charge in [-0.15, -0.1) is 0 Å². The molecule has 0 aromatic carbocycles. The molecule has 1 heterocycles. The Labute approximate surface area is 97.0 Å². The van der Waals surface area contributed by atoms with Crippen molar-refractivity contribution in [3.63, 3.8) is 0 Å². The molecule has 1 saturated carbocycles. The molecule has 1 aromatic heterocycles. The van der Waals surface area contributed by atoms with Crippen LogP contribution in [0.15, 0.2) is 6.20 Å². The average Bonchev–Trinajstić information content (AvgIpc) is 2.56. The van der Waals surface area contributed by atoms with E-state index in [1.807, 2.05) is 11.7 Å². The van der Waals surface area contributed by atoms with E-state index in [9.17, 15) is 0 Å². The molecule has 0 amide bonds. The normalized spacial score (nSPS) is 24.2. The molecule has 4 nitrogen and oxygen atoms in total. The van der Waals surface area contributed by atoms with Gasteiger partial charge in [0.05, 0.1) is 17.5 Å². The van der Waals surface area contributed by atoms with Crippen LogP contribution in [0.2, 0.25) is 0 Å². The van der Waals surface area contributed by atoms with Crippen LogP contribution in [-0.2, 0) is 18.2 Å². The molecule has 0 aliphatic heterocycles. The largest absolute Gasteiger partial charge is 0.379 e. The predicted molar refractivity (Wildman–Crippen MR) is 64.6 cm³/mol. The Hall–Kier alpha value is -1.03. The van der Waals surface area contributed by atoms with E-state index in [2.05, 4.69) is 30.5 Å². The van der Waals surface area contributed by atoms with E-state index in [0.29, 0.717) is 12.1 Å². The summed E-state index contributed by atoms with van der Waals surface area (Å²) in [6.45, 7) is 5.01. The van der Waals surface area contributed by atoms with E-state index in [1.165, 1.54) is 5.69 Å². The lowest BCUT2D eigenvalue weighted by atomic mass is 9.89. The molecular formula is C12H21N3O. The summed E-state index contributed by atoms with van der Waals surface area (Å²) < 4.78 is 7.42. The third-order valence-electron chi connectivity index (χ3n) is 3.10. The molecule has 0 spiro atoms. The Bertz CT molecular complexity index is 342. The van der Waals surface area contributed by atoms with Gasteiger partial charge in [-0.1, -0.05) is 6.92 Å². The van der Waals surface area contributed by atoms with Crippen LogP contribution in [0.3, 0.4) is 0 Å². The Kier molecular flexibility index (Phi) is 3.49. The molecular weight excluding hydrogens is 202 g/mol. The lowest BCUT2D eigenvalue weighted by Gasteiger charge is -2.35. The third kappa shape index (κ3) is 2.38. The van der Waals surface area contributed by atoms with Gasteiger partial charge in [0.15, 0.2) is 0 Å². The second-order valence-electron chi connectivity index (χ2n) is 4.41. The zero-order chi connectivity index (χ0) is 11.5. The number of ether oxygens (including phenoxy) is 1. The lowest BCUT2D eigenvalue weighted by Crippen LogP contribution is -2.40. The van der Waals surface area contributed by atoms with E-state index in [4.69, 9.17) is 4.74 Å². The summed E-state index contributed by atoms with van der Waals surface area (Å²) in [6, 6.07) is 0.561. The smallest absolute Gasteiger partial charge is 0.0853 e. The van der Waals surface area contributed by atoms with Crippen molar-refractivity contribution in [1.29, 1.82) is 0 Å². The van der Waals surface area contributed by atoms with E-state index in [-0.39, 0.29) is 0 Å². The minimum absolute atomic E-state index is 0.462. The van der Waals surface area contributed by atoms with Crippen LogP contribution in [0.5, 0.6) is 0 Å². The summed E-state index contributed by atoms with van der Waals surface area (Å²) in [6.07, 6.45) is 5.74. The number of anilines is 1. The van der Waals surface area contributed by atoms with Gasteiger partial charge in [-0.2, -0.15) is 5.10 Å². The highest BCUT2D eigenvalue weighted by Gasteiger charge is 2.30. The molecule has 1 fully saturated rings. The number of hydrogen-bond donors (Lipinski definition) is 1. The minimum Gasteiger partial charge on any atom is -0.379 e. The number of nitrogens with one attached hydrogen (secondary N) is 1. The van der Waals surface area contributed by atoms with E-state index in [1.54, 1.807) is 0 Å². The maximum Gasteiger partial charge on any atom is 0.0853 e. The number of aryl methyl sites for hydroxylation is 2. The summed E-state index contributed by atoms with van der Waals surface area (Å²) in [5.74, 6) is 0. The fourth-order valence-corrected chi connectivity index (χ4v) is 2.19. The van der Waals surface area contributed by atoms with Gasteiger partial charge in [0.1, 0.15) is 0 Å². The summed E-state index contributed by atoms with van der Waals surface area (Å²) in [5.41, 5.74) is 2.34. The van der Waals surface area contributed by atoms with Crippen molar-refractivity contribution >= 4 is 5.69 Å². The van der Waals surface area contributed by atoms with Crippen LogP contribution in [0.4, 0.5) is 5.69 Å². The van der Waals surface area contributed by atoms with Gasteiger partial charge >= 0.3 is 0 Å². The zero-order valence-corrected chi connectivity index (χ0v) is 10.4. The molecule has 0 unspecified atom stereocenters. The highest BCUT2D eigenvalue weighted by molar-refractivity contribution is 5.47. The fraction of sp³-hybridized carbons (Fsp3) is 0.750. The highest BCUT2D eigenvalue weighted by atomic mass is 16.5. The molecule has 90 valence electrons. The van der Waals surface area contributed by atoms with Crippen molar-refractivity contribution in [3.05, 3.63) is 11.9 Å². The van der Waals surface area contributed by atoms with Crippen molar-refractivity contribution in [2.45, 2.75) is 45.3 Å². The number of rotatable bonds is 5. The second kappa shape index (κ2) is 4.87. The molecule has 0 atom stereocenters. The molecule has 0 bridgehead atoms. The van der Waals surface area contributed by atoms with Crippen LogP contribution in [0, 0.1) is 0 Å². The molecule has 1 N–H and O–H groups in total. The van der Waals surface area contributed by atoms with Crippen molar-refractivity contribution in [3.8, 4) is 0 Å². The van der Waals surface area contributed by atoms with Gasteiger partial charge in [-0.3, -0.25) is 4.68 Å². The second-order valence-corrected chi connectivity index (χ2v) is 4.41. The maximum atomic E-state index is 5.55. The number of hydrogen-bond acceptors (Lipinski definition) is 3. The van der Waals surface area contributed by atoms with E-state index < -0.39 is 0 Å². The lowest BCUT2D eigenvalue weighted by molar-refractivity contribution is 0.00298. The SMILES string of the molecule is CCOC1CC(Nc2cn(C)nc2CC)C1. The molecule has 2 rings (SSSR count). The predicted octanol–water partition coefficient (Wildman–Crippen LogP) is 1.96. The Morgan fingerprint density at radius 2 is 2.25 bits per heavy atom. The standard InChI is InChI=1S/C12H21N3O/c1-4-11-12(8-15(3)14-11)13-9-6-10(7-9)16-5-2/h8-10,13H,4-7H2,1-3H3. The van der Waals surface area contributed by atoms with Gasteiger partial charge in [-0.25, -0.2) is 0 Å². The van der Waals surface area contributed by atoms with Crippen molar-refractivity contribution in [1.82, 2.24) is 9.78 Å². The first kappa shape index (κ1) is 11.5. The summed E-state index contributed by atoms with van der Waals surface area (Å²) in [7, 11) is 1.97. The van der Waals surface area contributed by atoms with Gasteiger partial charge in [0, 0.05) is 25.9 Å². The first-order chi connectivity index (χ1) is 7.72. The van der Waals surface area contributed by atoms with Gasteiger partial charge in [0.25, 0.3) is 0 Å². The third-order valence-corrected chi connectivity index (χ3v) is 3.10. The molecule has 1 aliphatic carbocycles. The fourth-order valence-electron chi connectivity index (χ4n) is 2.19. The van der Waals surface area contributed by atoms with Gasteiger partial charge < -0.3 is 10.1 Å². The molecule has 0 saturated heterocycles. The van der Waals surface area contributed by atoms with Crippen LogP contribution in [0.25, 0.3) is 0 Å². The topological polar surface area (TPSA) is 39.1 Å². The van der Waals surface area contributed by atoms with Crippen LogP contribution < -0.4 is 5.32 Å². The van der Waals surface area contributed by atoms with Gasteiger partial charge in [0.2, 0.25) is 0 Å². The van der Waals surface area contributed by atoms with E-state index in [0.717, 1.165) is 31.6 Å². The molecule has 1 aromatic rings. The number of nitrogens with zero attached hydrogens (tertiary/aromatic N) is 2. The highest BCUT2D eigenvalue weighted by Crippen LogP contribution is 2.27. The molecule has 0 radical (unpaired) electrons.